The lowest BCUT2D eigenvalue weighted by Crippen LogP contribution is -2.14. The number of nitrogens with zero attached hydrogens (tertiary/aromatic N) is 2. The van der Waals surface area contributed by atoms with Crippen LogP contribution < -0.4 is 11.5 Å². The molecule has 1 aromatic heterocycles. The zero-order valence-corrected chi connectivity index (χ0v) is 12.5. The Labute approximate surface area is 130 Å². The number of nitrogen functional groups attached to an aromatic ring is 1. The van der Waals surface area contributed by atoms with Crippen LogP contribution in [0.3, 0.4) is 0 Å². The standard InChI is InChI=1S/C14H11IN4O/c15-19-13(16)12(14(17)20)11(18-19)9-8-10-6-4-2-1-3-5-7-10/h1-7H,16H2,(H2,17,20)/b2-1-,3-1?,4-2?,5-3-,6-4?,7-5?,10-6?,10-7?. The number of allylic oxidation sites excluding steroid dienone is 8. The van der Waals surface area contributed by atoms with Gasteiger partial charge in [0, 0.05) is 5.57 Å². The fraction of sp³-hybridized carbons (Fsp3) is 0. The zero-order valence-electron chi connectivity index (χ0n) is 10.4. The van der Waals surface area contributed by atoms with E-state index in [4.69, 9.17) is 11.5 Å². The van der Waals surface area contributed by atoms with E-state index in [1.54, 1.807) is 0 Å². The molecule has 6 heteroatoms. The minimum atomic E-state index is -0.639. The fourth-order valence-corrected chi connectivity index (χ4v) is 1.97. The molecule has 1 amide bonds. The SMILES string of the molecule is NC(=O)c1c(C#CC2=C/C=C\C=C/C=C2)nn(I)c1N. The molecule has 0 saturated heterocycles. The maximum absolute atomic E-state index is 11.4. The Bertz CT molecular complexity index is 726. The van der Waals surface area contributed by atoms with Crippen molar-refractivity contribution in [1.29, 1.82) is 0 Å². The van der Waals surface area contributed by atoms with Crippen LogP contribution in [0, 0.1) is 11.8 Å². The summed E-state index contributed by atoms with van der Waals surface area (Å²) in [5.41, 5.74) is 12.2. The molecule has 100 valence electrons. The van der Waals surface area contributed by atoms with Crippen LogP contribution in [0.5, 0.6) is 0 Å². The van der Waals surface area contributed by atoms with Gasteiger partial charge in [-0.25, -0.2) is 0 Å². The van der Waals surface area contributed by atoms with Crippen LogP contribution in [0.15, 0.2) is 48.1 Å². The molecule has 0 bridgehead atoms. The van der Waals surface area contributed by atoms with Gasteiger partial charge in [-0.3, -0.25) is 4.79 Å². The van der Waals surface area contributed by atoms with Gasteiger partial charge in [0.25, 0.3) is 5.91 Å². The van der Waals surface area contributed by atoms with Crippen LogP contribution in [0.4, 0.5) is 5.82 Å². The van der Waals surface area contributed by atoms with Gasteiger partial charge < -0.3 is 11.5 Å². The first kappa shape index (κ1) is 14.1. The molecule has 0 spiro atoms. The molecule has 1 heterocycles. The predicted octanol–water partition coefficient (Wildman–Crippen LogP) is 1.72. The van der Waals surface area contributed by atoms with Crippen molar-refractivity contribution in [2.75, 3.05) is 5.73 Å². The number of hydrogen-bond donors (Lipinski definition) is 2. The smallest absolute Gasteiger partial charge is 0.255 e. The number of amides is 1. The molecular formula is C14H11IN4O. The lowest BCUT2D eigenvalue weighted by molar-refractivity contribution is 0.100. The molecule has 1 aromatic rings. The zero-order chi connectivity index (χ0) is 14.5. The molecule has 20 heavy (non-hydrogen) atoms. The average molecular weight is 378 g/mol. The lowest BCUT2D eigenvalue weighted by Gasteiger charge is -1.93. The number of carbonyl (C=O) groups is 1. The van der Waals surface area contributed by atoms with Crippen molar-refractivity contribution in [2.24, 2.45) is 5.73 Å². The van der Waals surface area contributed by atoms with Crippen molar-refractivity contribution in [3.63, 3.8) is 0 Å². The minimum Gasteiger partial charge on any atom is -0.383 e. The molecule has 1 aliphatic rings. The van der Waals surface area contributed by atoms with Gasteiger partial charge in [0.1, 0.15) is 11.4 Å². The van der Waals surface area contributed by atoms with Crippen molar-refractivity contribution >= 4 is 34.6 Å². The van der Waals surface area contributed by atoms with E-state index in [1.807, 2.05) is 65.4 Å². The molecule has 1 aliphatic carbocycles. The van der Waals surface area contributed by atoms with Crippen LogP contribution in [0.2, 0.25) is 0 Å². The Morgan fingerprint density at radius 2 is 1.90 bits per heavy atom. The van der Waals surface area contributed by atoms with E-state index in [2.05, 4.69) is 16.9 Å². The Balaban J connectivity index is 2.39. The van der Waals surface area contributed by atoms with Gasteiger partial charge in [0.15, 0.2) is 5.69 Å². The summed E-state index contributed by atoms with van der Waals surface area (Å²) >= 11 is 1.87. The highest BCUT2D eigenvalue weighted by atomic mass is 127. The highest BCUT2D eigenvalue weighted by molar-refractivity contribution is 14.1. The number of halogens is 1. The number of carbonyl (C=O) groups excluding carboxylic acids is 1. The minimum absolute atomic E-state index is 0.151. The molecule has 0 atom stereocenters. The molecule has 0 radical (unpaired) electrons. The number of hydrogen-bond acceptors (Lipinski definition) is 3. The predicted molar refractivity (Wildman–Crippen MR) is 87.0 cm³/mol. The highest BCUT2D eigenvalue weighted by Crippen LogP contribution is 2.17. The molecule has 0 aliphatic heterocycles. The maximum atomic E-state index is 11.4. The van der Waals surface area contributed by atoms with E-state index in [9.17, 15) is 4.79 Å². The highest BCUT2D eigenvalue weighted by Gasteiger charge is 2.17. The van der Waals surface area contributed by atoms with Crippen LogP contribution in [0.1, 0.15) is 16.1 Å². The summed E-state index contributed by atoms with van der Waals surface area (Å²) < 4.78 is 1.35. The van der Waals surface area contributed by atoms with E-state index in [1.165, 1.54) is 2.90 Å². The van der Waals surface area contributed by atoms with Gasteiger partial charge in [-0.1, -0.05) is 36.3 Å². The van der Waals surface area contributed by atoms with Gasteiger partial charge in [-0.2, -0.15) is 7.99 Å². The Kier molecular flexibility index (Phi) is 4.42. The molecular weight excluding hydrogens is 367 g/mol. The summed E-state index contributed by atoms with van der Waals surface area (Å²) in [4.78, 5) is 11.4. The summed E-state index contributed by atoms with van der Waals surface area (Å²) in [5, 5.41) is 4.08. The molecule has 0 saturated carbocycles. The first-order valence-electron chi connectivity index (χ1n) is 5.68. The molecule has 5 nitrogen and oxygen atoms in total. The van der Waals surface area contributed by atoms with E-state index >= 15 is 0 Å². The van der Waals surface area contributed by atoms with Crippen LogP contribution in [-0.4, -0.2) is 13.9 Å². The molecule has 0 fully saturated rings. The van der Waals surface area contributed by atoms with E-state index in [0.717, 1.165) is 5.57 Å². The second-order valence-corrected chi connectivity index (χ2v) is 4.75. The first-order valence-corrected chi connectivity index (χ1v) is 6.64. The van der Waals surface area contributed by atoms with Gasteiger partial charge in [0.2, 0.25) is 0 Å². The van der Waals surface area contributed by atoms with E-state index in [0.29, 0.717) is 0 Å². The van der Waals surface area contributed by atoms with Crippen LogP contribution >= 0.6 is 22.9 Å². The topological polar surface area (TPSA) is 86.9 Å². The molecule has 4 N–H and O–H groups in total. The van der Waals surface area contributed by atoms with E-state index in [-0.39, 0.29) is 17.1 Å². The Morgan fingerprint density at radius 1 is 1.20 bits per heavy atom. The summed E-state index contributed by atoms with van der Waals surface area (Å²) in [5.74, 6) is 5.33. The van der Waals surface area contributed by atoms with Gasteiger partial charge in [-0.15, -0.1) is 0 Å². The summed E-state index contributed by atoms with van der Waals surface area (Å²) in [7, 11) is 0. The third-order valence-electron chi connectivity index (χ3n) is 2.45. The third kappa shape index (κ3) is 3.19. The van der Waals surface area contributed by atoms with Crippen molar-refractivity contribution in [3.05, 3.63) is 59.4 Å². The number of rotatable bonds is 1. The Morgan fingerprint density at radius 3 is 2.65 bits per heavy atom. The van der Waals surface area contributed by atoms with Gasteiger partial charge in [0.05, 0.1) is 22.9 Å². The molecule has 2 rings (SSSR count). The number of anilines is 1. The quantitative estimate of drug-likeness (QED) is 0.576. The lowest BCUT2D eigenvalue weighted by atomic mass is 10.1. The van der Waals surface area contributed by atoms with Crippen molar-refractivity contribution in [3.8, 4) is 11.8 Å². The van der Waals surface area contributed by atoms with Crippen LogP contribution in [0.25, 0.3) is 0 Å². The number of nitrogens with two attached hydrogens (primary N) is 2. The molecule has 0 aromatic carbocycles. The van der Waals surface area contributed by atoms with Gasteiger partial charge >= 0.3 is 0 Å². The second-order valence-electron chi connectivity index (χ2n) is 3.83. The number of primary amides is 1. The Hall–Kier alpha value is -2.27. The first-order chi connectivity index (χ1) is 9.59. The maximum Gasteiger partial charge on any atom is 0.255 e. The summed E-state index contributed by atoms with van der Waals surface area (Å²) in [6.07, 6.45) is 13.2. The van der Waals surface area contributed by atoms with Gasteiger partial charge in [-0.05, 0) is 18.1 Å². The monoisotopic (exact) mass is 378 g/mol. The number of aromatic nitrogens is 2. The van der Waals surface area contributed by atoms with Crippen LogP contribution in [-0.2, 0) is 0 Å². The normalized spacial score (nSPS) is 16.4. The van der Waals surface area contributed by atoms with Crippen molar-refractivity contribution in [1.82, 2.24) is 7.99 Å². The second kappa shape index (κ2) is 6.25. The van der Waals surface area contributed by atoms with Crippen molar-refractivity contribution in [2.45, 2.75) is 0 Å². The average Bonchev–Trinajstić information content (AvgIpc) is 2.63. The van der Waals surface area contributed by atoms with E-state index < -0.39 is 5.91 Å². The summed E-state index contributed by atoms with van der Waals surface area (Å²) in [6, 6.07) is 0. The van der Waals surface area contributed by atoms with Crippen molar-refractivity contribution < 1.29 is 4.79 Å². The molecule has 0 unspecified atom stereocenters. The summed E-state index contributed by atoms with van der Waals surface area (Å²) in [6.45, 7) is 0. The fourth-order valence-electron chi connectivity index (χ4n) is 1.52. The third-order valence-corrected chi connectivity index (χ3v) is 3.18. The largest absolute Gasteiger partial charge is 0.383 e.